The zero-order chi connectivity index (χ0) is 10.9. The molecule has 0 aliphatic rings. The molecule has 0 aromatic heterocycles. The minimum atomic E-state index is -0.0893. The van der Waals surface area contributed by atoms with Crippen molar-refractivity contribution in [3.8, 4) is 5.75 Å². The Bertz CT molecular complexity index is 331. The first-order valence-electron chi connectivity index (χ1n) is 4.99. The van der Waals surface area contributed by atoms with Crippen molar-refractivity contribution in [3.05, 3.63) is 28.8 Å². The molecule has 0 bridgehead atoms. The lowest BCUT2D eigenvalue weighted by atomic mass is 9.93. The average molecular weight is 193 g/mol. The van der Waals surface area contributed by atoms with E-state index in [9.17, 15) is 5.11 Å². The lowest BCUT2D eigenvalue weighted by molar-refractivity contribution is 0.436. The van der Waals surface area contributed by atoms with E-state index in [2.05, 4.69) is 13.8 Å². The summed E-state index contributed by atoms with van der Waals surface area (Å²) in [4.78, 5) is 0. The molecule has 1 rings (SSSR count). The third-order valence-corrected chi connectivity index (χ3v) is 2.55. The van der Waals surface area contributed by atoms with E-state index in [-0.39, 0.29) is 6.04 Å². The quantitative estimate of drug-likeness (QED) is 0.758. The summed E-state index contributed by atoms with van der Waals surface area (Å²) in [5.74, 6) is 0.680. The Balaban J connectivity index is 3.20. The van der Waals surface area contributed by atoms with Crippen LogP contribution >= 0.6 is 0 Å². The highest BCUT2D eigenvalue weighted by Crippen LogP contribution is 2.31. The largest absolute Gasteiger partial charge is 0.507 e. The van der Waals surface area contributed by atoms with Gasteiger partial charge in [0.2, 0.25) is 0 Å². The number of hydrogen-bond donors (Lipinski definition) is 2. The molecule has 2 heteroatoms. The molecule has 0 saturated carbocycles. The van der Waals surface area contributed by atoms with Crippen LogP contribution in [0.4, 0.5) is 0 Å². The Labute approximate surface area is 85.8 Å². The van der Waals surface area contributed by atoms with Gasteiger partial charge in [0.25, 0.3) is 0 Å². The molecule has 0 heterocycles. The van der Waals surface area contributed by atoms with Gasteiger partial charge in [-0.2, -0.15) is 0 Å². The summed E-state index contributed by atoms with van der Waals surface area (Å²) in [6, 6.07) is 3.84. The van der Waals surface area contributed by atoms with Gasteiger partial charge in [-0.05, 0) is 25.3 Å². The van der Waals surface area contributed by atoms with Crippen LogP contribution in [0.15, 0.2) is 12.1 Å². The second-order valence-electron chi connectivity index (χ2n) is 4.29. The smallest absolute Gasteiger partial charge is 0.123 e. The maximum Gasteiger partial charge on any atom is 0.123 e. The predicted octanol–water partition coefficient (Wildman–Crippen LogP) is 2.66. The fraction of sp³-hybridized carbons (Fsp3) is 0.500. The van der Waals surface area contributed by atoms with Gasteiger partial charge in [-0.15, -0.1) is 0 Å². The van der Waals surface area contributed by atoms with E-state index in [0.717, 1.165) is 16.7 Å². The van der Waals surface area contributed by atoms with Gasteiger partial charge in [-0.1, -0.05) is 31.5 Å². The third-order valence-electron chi connectivity index (χ3n) is 2.55. The maximum absolute atomic E-state index is 9.86. The van der Waals surface area contributed by atoms with Crippen molar-refractivity contribution in [1.29, 1.82) is 0 Å². The lowest BCUT2D eigenvalue weighted by Crippen LogP contribution is -2.17. The lowest BCUT2D eigenvalue weighted by Gasteiger charge is -2.19. The van der Waals surface area contributed by atoms with Crippen LogP contribution in [0.25, 0.3) is 0 Å². The molecule has 0 unspecified atom stereocenters. The van der Waals surface area contributed by atoms with Gasteiger partial charge in [0.05, 0.1) is 0 Å². The van der Waals surface area contributed by atoms with E-state index in [1.165, 1.54) is 0 Å². The van der Waals surface area contributed by atoms with Crippen LogP contribution in [-0.4, -0.2) is 5.11 Å². The van der Waals surface area contributed by atoms with Gasteiger partial charge in [0.15, 0.2) is 0 Å². The molecule has 14 heavy (non-hydrogen) atoms. The highest BCUT2D eigenvalue weighted by molar-refractivity contribution is 5.44. The van der Waals surface area contributed by atoms with E-state index in [0.29, 0.717) is 11.7 Å². The number of aromatic hydroxyl groups is 1. The van der Waals surface area contributed by atoms with Crippen molar-refractivity contribution in [2.24, 2.45) is 11.7 Å². The fourth-order valence-corrected chi connectivity index (χ4v) is 1.61. The topological polar surface area (TPSA) is 46.2 Å². The molecule has 2 nitrogen and oxygen atoms in total. The van der Waals surface area contributed by atoms with Crippen LogP contribution in [0.3, 0.4) is 0 Å². The molecule has 3 N–H and O–H groups in total. The Hall–Kier alpha value is -1.02. The number of rotatable bonds is 2. The summed E-state index contributed by atoms with van der Waals surface area (Å²) in [6.45, 7) is 8.03. The Morgan fingerprint density at radius 1 is 1.21 bits per heavy atom. The number of hydrogen-bond acceptors (Lipinski definition) is 2. The number of phenolic OH excluding ortho intramolecular Hbond substituents is 1. The summed E-state index contributed by atoms with van der Waals surface area (Å²) in [5, 5.41) is 9.86. The van der Waals surface area contributed by atoms with Crippen molar-refractivity contribution in [1.82, 2.24) is 0 Å². The van der Waals surface area contributed by atoms with Crippen molar-refractivity contribution in [2.45, 2.75) is 33.7 Å². The number of phenols is 1. The maximum atomic E-state index is 9.86. The minimum Gasteiger partial charge on any atom is -0.507 e. The Morgan fingerprint density at radius 2 is 1.79 bits per heavy atom. The summed E-state index contributed by atoms with van der Waals surface area (Å²) in [7, 11) is 0. The molecule has 0 fully saturated rings. The standard InChI is InChI=1S/C12H19NO/c1-7(2)11(13)10-6-8(3)5-9(4)12(10)14/h5-7,11,14H,13H2,1-4H3/t11-/m0/s1. The summed E-state index contributed by atoms with van der Waals surface area (Å²) in [6.07, 6.45) is 0. The SMILES string of the molecule is Cc1cc(C)c(O)c([C@@H](N)C(C)C)c1. The van der Waals surface area contributed by atoms with Gasteiger partial charge in [-0.25, -0.2) is 0 Å². The van der Waals surface area contributed by atoms with Crippen molar-refractivity contribution in [2.75, 3.05) is 0 Å². The monoisotopic (exact) mass is 193 g/mol. The van der Waals surface area contributed by atoms with Gasteiger partial charge < -0.3 is 10.8 Å². The minimum absolute atomic E-state index is 0.0893. The van der Waals surface area contributed by atoms with E-state index >= 15 is 0 Å². The number of aryl methyl sites for hydroxylation is 2. The summed E-state index contributed by atoms with van der Waals surface area (Å²) in [5.41, 5.74) is 8.92. The van der Waals surface area contributed by atoms with Gasteiger partial charge in [-0.3, -0.25) is 0 Å². The first kappa shape index (κ1) is 11.1. The Morgan fingerprint density at radius 3 is 2.29 bits per heavy atom. The molecule has 0 spiro atoms. The zero-order valence-electron chi connectivity index (χ0n) is 9.33. The van der Waals surface area contributed by atoms with Gasteiger partial charge >= 0.3 is 0 Å². The van der Waals surface area contributed by atoms with Crippen LogP contribution in [-0.2, 0) is 0 Å². The van der Waals surface area contributed by atoms with Crippen LogP contribution in [0.5, 0.6) is 5.75 Å². The molecular formula is C12H19NO. The molecule has 0 amide bonds. The Kier molecular flexibility index (Phi) is 3.17. The van der Waals surface area contributed by atoms with Crippen molar-refractivity contribution in [3.63, 3.8) is 0 Å². The summed E-state index contributed by atoms with van der Waals surface area (Å²) >= 11 is 0. The van der Waals surface area contributed by atoms with Crippen LogP contribution in [0.2, 0.25) is 0 Å². The molecule has 0 aliphatic heterocycles. The van der Waals surface area contributed by atoms with E-state index < -0.39 is 0 Å². The van der Waals surface area contributed by atoms with Crippen LogP contribution < -0.4 is 5.73 Å². The van der Waals surface area contributed by atoms with Crippen LogP contribution in [0, 0.1) is 19.8 Å². The van der Waals surface area contributed by atoms with Crippen molar-refractivity contribution < 1.29 is 5.11 Å². The van der Waals surface area contributed by atoms with Crippen LogP contribution in [0.1, 0.15) is 36.6 Å². The molecule has 1 aromatic carbocycles. The second-order valence-corrected chi connectivity index (χ2v) is 4.29. The van der Waals surface area contributed by atoms with Gasteiger partial charge in [0, 0.05) is 11.6 Å². The number of benzene rings is 1. The molecule has 0 saturated heterocycles. The first-order valence-corrected chi connectivity index (χ1v) is 4.99. The molecule has 1 aromatic rings. The first-order chi connectivity index (χ1) is 6.43. The van der Waals surface area contributed by atoms with E-state index in [4.69, 9.17) is 5.73 Å². The predicted molar refractivity (Wildman–Crippen MR) is 59.3 cm³/mol. The molecular weight excluding hydrogens is 174 g/mol. The zero-order valence-corrected chi connectivity index (χ0v) is 9.33. The average Bonchev–Trinajstić information content (AvgIpc) is 2.09. The summed E-state index contributed by atoms with van der Waals surface area (Å²) < 4.78 is 0. The normalized spacial score (nSPS) is 13.3. The molecule has 1 atom stereocenters. The van der Waals surface area contributed by atoms with Gasteiger partial charge in [0.1, 0.15) is 5.75 Å². The molecule has 0 radical (unpaired) electrons. The van der Waals surface area contributed by atoms with E-state index in [1.807, 2.05) is 26.0 Å². The highest BCUT2D eigenvalue weighted by Gasteiger charge is 2.16. The molecule has 0 aliphatic carbocycles. The second kappa shape index (κ2) is 4.01. The number of nitrogens with two attached hydrogens (primary N) is 1. The fourth-order valence-electron chi connectivity index (χ4n) is 1.61. The highest BCUT2D eigenvalue weighted by atomic mass is 16.3. The van der Waals surface area contributed by atoms with E-state index in [1.54, 1.807) is 0 Å². The third kappa shape index (κ3) is 2.07. The van der Waals surface area contributed by atoms with Crippen molar-refractivity contribution >= 4 is 0 Å². The molecule has 78 valence electrons.